The molecule has 1 nitrogen and oxygen atoms in total. The number of fused-ring (bicyclic) bond motifs is 2. The number of anilines is 1. The lowest BCUT2D eigenvalue weighted by molar-refractivity contribution is 0.809. The zero-order valence-electron chi connectivity index (χ0n) is 10.9. The fourth-order valence-electron chi connectivity index (χ4n) is 2.50. The molecule has 0 aliphatic carbocycles. The maximum Gasteiger partial charge on any atom is 0.0785 e. The molecule has 1 unspecified atom stereocenters. The highest BCUT2D eigenvalue weighted by molar-refractivity contribution is 14.1. The number of rotatable bonds is 1. The van der Waals surface area contributed by atoms with E-state index in [9.17, 15) is 0 Å². The van der Waals surface area contributed by atoms with Crippen LogP contribution in [-0.2, 0) is 6.54 Å². The number of alkyl halides is 1. The van der Waals surface area contributed by atoms with E-state index in [4.69, 9.17) is 0 Å². The second-order valence-electron chi connectivity index (χ2n) is 4.79. The van der Waals surface area contributed by atoms with Crippen LogP contribution >= 0.6 is 22.6 Å². The minimum atomic E-state index is 0.457. The van der Waals surface area contributed by atoms with Crippen molar-refractivity contribution in [1.29, 1.82) is 0 Å². The van der Waals surface area contributed by atoms with Crippen molar-refractivity contribution in [3.8, 4) is 0 Å². The van der Waals surface area contributed by atoms with Crippen molar-refractivity contribution in [3.63, 3.8) is 0 Å². The summed E-state index contributed by atoms with van der Waals surface area (Å²) in [4.78, 5) is 2.46. The first kappa shape index (κ1) is 12.7. The third-order valence-corrected chi connectivity index (χ3v) is 4.19. The summed E-state index contributed by atoms with van der Waals surface area (Å²) < 4.78 is 0.457. The molecule has 0 aromatic heterocycles. The van der Waals surface area contributed by atoms with E-state index in [2.05, 4.69) is 95.1 Å². The van der Waals surface area contributed by atoms with E-state index in [1.165, 1.54) is 22.4 Å². The maximum atomic E-state index is 2.49. The zero-order valence-corrected chi connectivity index (χ0v) is 13.0. The zero-order chi connectivity index (χ0) is 13.2. The number of hydrogen-bond acceptors (Lipinski definition) is 1. The third-order valence-electron chi connectivity index (χ3n) is 3.51. The minimum absolute atomic E-state index is 0.457. The first-order valence-electron chi connectivity index (χ1n) is 6.51. The van der Waals surface area contributed by atoms with Crippen LogP contribution in [0.5, 0.6) is 0 Å². The normalized spacial score (nSPS) is 16.8. The Balaban J connectivity index is 2.17. The molecule has 0 spiro atoms. The monoisotopic (exact) mass is 361 g/mol. The Morgan fingerprint density at radius 2 is 1.58 bits per heavy atom. The number of nitrogens with zero attached hydrogens (tertiary/aromatic N) is 1. The summed E-state index contributed by atoms with van der Waals surface area (Å²) in [7, 11) is 0. The molecule has 0 N–H and O–H groups in total. The summed E-state index contributed by atoms with van der Waals surface area (Å²) >= 11 is 2.49. The molecule has 0 radical (unpaired) electrons. The van der Waals surface area contributed by atoms with E-state index < -0.39 is 0 Å². The molecule has 0 saturated carbocycles. The Morgan fingerprint density at radius 3 is 2.37 bits per heavy atom. The van der Waals surface area contributed by atoms with E-state index in [1.54, 1.807) is 0 Å². The Kier molecular flexibility index (Phi) is 3.60. The standard InChI is InChI=1S/C17H16IN/c1-13(18)19-12-16-8-3-2-6-14(16)10-11-15-7-4-5-9-17(15)19/h2-11,13H,12H2,1H3/b11-10-. The summed E-state index contributed by atoms with van der Waals surface area (Å²) in [5.41, 5.74) is 5.31. The highest BCUT2D eigenvalue weighted by atomic mass is 127. The van der Waals surface area contributed by atoms with Gasteiger partial charge in [0.1, 0.15) is 0 Å². The first-order valence-corrected chi connectivity index (χ1v) is 7.76. The van der Waals surface area contributed by atoms with Gasteiger partial charge in [0.2, 0.25) is 0 Å². The summed E-state index contributed by atoms with van der Waals surface area (Å²) in [6, 6.07) is 17.3. The van der Waals surface area contributed by atoms with Gasteiger partial charge in [-0.2, -0.15) is 0 Å². The van der Waals surface area contributed by atoms with Gasteiger partial charge >= 0.3 is 0 Å². The Hall–Kier alpha value is -1.29. The van der Waals surface area contributed by atoms with Crippen LogP contribution in [0.15, 0.2) is 48.5 Å². The third kappa shape index (κ3) is 2.54. The highest BCUT2D eigenvalue weighted by Gasteiger charge is 2.17. The second-order valence-corrected chi connectivity index (χ2v) is 6.60. The van der Waals surface area contributed by atoms with Crippen molar-refractivity contribution in [2.45, 2.75) is 17.5 Å². The lowest BCUT2D eigenvalue weighted by Crippen LogP contribution is -2.29. The number of hydrogen-bond donors (Lipinski definition) is 0. The fourth-order valence-corrected chi connectivity index (χ4v) is 2.99. The fraction of sp³-hybridized carbons (Fsp3) is 0.176. The van der Waals surface area contributed by atoms with Gasteiger partial charge in [0.15, 0.2) is 0 Å². The van der Waals surface area contributed by atoms with Gasteiger partial charge in [-0.3, -0.25) is 0 Å². The van der Waals surface area contributed by atoms with E-state index in [-0.39, 0.29) is 0 Å². The molecule has 19 heavy (non-hydrogen) atoms. The van der Waals surface area contributed by atoms with E-state index in [0.717, 1.165) is 6.54 Å². The minimum Gasteiger partial charge on any atom is -0.355 e. The van der Waals surface area contributed by atoms with Crippen molar-refractivity contribution >= 4 is 40.4 Å². The van der Waals surface area contributed by atoms with Gasteiger partial charge in [-0.25, -0.2) is 0 Å². The van der Waals surface area contributed by atoms with Gasteiger partial charge in [-0.05, 0) is 29.7 Å². The molecule has 0 bridgehead atoms. The number of halogens is 1. The quantitative estimate of drug-likeness (QED) is 0.394. The van der Waals surface area contributed by atoms with Crippen molar-refractivity contribution in [2.75, 3.05) is 4.90 Å². The van der Waals surface area contributed by atoms with Crippen LogP contribution in [0.1, 0.15) is 23.6 Å². The lowest BCUT2D eigenvalue weighted by atomic mass is 10.0. The summed E-state index contributed by atoms with van der Waals surface area (Å²) in [6.07, 6.45) is 4.45. The smallest absolute Gasteiger partial charge is 0.0785 e. The molecule has 1 atom stereocenters. The van der Waals surface area contributed by atoms with Crippen molar-refractivity contribution in [2.24, 2.45) is 0 Å². The molecular formula is C17H16IN. The van der Waals surface area contributed by atoms with E-state index in [1.807, 2.05) is 0 Å². The maximum absolute atomic E-state index is 2.49. The summed E-state index contributed by atoms with van der Waals surface area (Å²) in [5.74, 6) is 0. The topological polar surface area (TPSA) is 3.24 Å². The van der Waals surface area contributed by atoms with Crippen molar-refractivity contribution in [1.82, 2.24) is 0 Å². The van der Waals surface area contributed by atoms with Crippen LogP contribution < -0.4 is 4.90 Å². The predicted octanol–water partition coefficient (Wildman–Crippen LogP) is 4.96. The molecular weight excluding hydrogens is 345 g/mol. The Labute approximate surface area is 128 Å². The lowest BCUT2D eigenvalue weighted by Gasteiger charge is -2.31. The van der Waals surface area contributed by atoms with Crippen molar-refractivity contribution in [3.05, 3.63) is 65.2 Å². The molecule has 1 aliphatic rings. The van der Waals surface area contributed by atoms with E-state index >= 15 is 0 Å². The molecule has 0 saturated heterocycles. The summed E-state index contributed by atoms with van der Waals surface area (Å²) in [6.45, 7) is 3.20. The van der Waals surface area contributed by atoms with Gasteiger partial charge < -0.3 is 4.90 Å². The van der Waals surface area contributed by atoms with Crippen LogP contribution in [-0.4, -0.2) is 4.05 Å². The molecule has 96 valence electrons. The average molecular weight is 361 g/mol. The summed E-state index contributed by atoms with van der Waals surface area (Å²) in [5, 5.41) is 0. The van der Waals surface area contributed by atoms with Crippen LogP contribution in [0.3, 0.4) is 0 Å². The Morgan fingerprint density at radius 1 is 0.947 bits per heavy atom. The molecule has 2 aromatic carbocycles. The van der Waals surface area contributed by atoms with Crippen LogP contribution in [0.25, 0.3) is 12.2 Å². The van der Waals surface area contributed by atoms with Gasteiger partial charge in [0.25, 0.3) is 0 Å². The van der Waals surface area contributed by atoms with Gasteiger partial charge in [-0.15, -0.1) is 0 Å². The highest BCUT2D eigenvalue weighted by Crippen LogP contribution is 2.31. The molecule has 0 fully saturated rings. The van der Waals surface area contributed by atoms with Crippen LogP contribution in [0, 0.1) is 0 Å². The van der Waals surface area contributed by atoms with Crippen LogP contribution in [0.2, 0.25) is 0 Å². The molecule has 1 aliphatic heterocycles. The first-order chi connectivity index (χ1) is 9.25. The number of benzene rings is 2. The average Bonchev–Trinajstić information content (AvgIpc) is 2.41. The van der Waals surface area contributed by atoms with E-state index in [0.29, 0.717) is 4.05 Å². The Bertz CT molecular complexity index is 616. The second kappa shape index (κ2) is 5.37. The van der Waals surface area contributed by atoms with Gasteiger partial charge in [0, 0.05) is 12.2 Å². The number of para-hydroxylation sites is 1. The van der Waals surface area contributed by atoms with Gasteiger partial charge in [0.05, 0.1) is 4.05 Å². The molecule has 2 aromatic rings. The SMILES string of the molecule is CC(I)N1Cc2ccccc2/C=C\c2ccccc21. The van der Waals surface area contributed by atoms with Crippen molar-refractivity contribution < 1.29 is 0 Å². The van der Waals surface area contributed by atoms with Crippen LogP contribution in [0.4, 0.5) is 5.69 Å². The van der Waals surface area contributed by atoms with Gasteiger partial charge in [-0.1, -0.05) is 77.2 Å². The predicted molar refractivity (Wildman–Crippen MR) is 91.5 cm³/mol. The molecule has 2 heteroatoms. The molecule has 3 rings (SSSR count). The largest absolute Gasteiger partial charge is 0.355 e. The molecule has 0 amide bonds. The molecule has 1 heterocycles.